The highest BCUT2D eigenvalue weighted by Crippen LogP contribution is 2.60. The zero-order valence-electron chi connectivity index (χ0n) is 22.6. The van der Waals surface area contributed by atoms with Crippen molar-refractivity contribution in [2.75, 3.05) is 38.1 Å². The molecule has 4 fully saturated rings. The Morgan fingerprint density at radius 3 is 2.26 bits per heavy atom. The second kappa shape index (κ2) is 9.66. The van der Waals surface area contributed by atoms with Crippen LogP contribution in [0.5, 0.6) is 0 Å². The van der Waals surface area contributed by atoms with Crippen LogP contribution >= 0.6 is 0 Å². The molecule has 1 N–H and O–H groups in total. The van der Waals surface area contributed by atoms with E-state index in [4.69, 9.17) is 7.48 Å². The van der Waals surface area contributed by atoms with Gasteiger partial charge in [-0.1, -0.05) is 0 Å². The fraction of sp³-hybridized carbons (Fsp3) is 0.630. The van der Waals surface area contributed by atoms with Crippen LogP contribution in [0.4, 0.5) is 32.2 Å². The number of nitrogens with one attached hydrogen (secondary N) is 1. The lowest BCUT2D eigenvalue weighted by Crippen LogP contribution is -2.32. The lowest BCUT2D eigenvalue weighted by atomic mass is 9.91. The van der Waals surface area contributed by atoms with Crippen molar-refractivity contribution >= 4 is 5.82 Å². The zero-order valence-corrected chi connectivity index (χ0v) is 20.6. The normalized spacial score (nSPS) is 28.6. The number of hydrogen-bond acceptors (Lipinski definition) is 5. The van der Waals surface area contributed by atoms with Crippen molar-refractivity contribution in [1.82, 2.24) is 15.1 Å². The third-order valence-electron chi connectivity index (χ3n) is 8.56. The van der Waals surface area contributed by atoms with E-state index in [1.54, 1.807) is 0 Å². The van der Waals surface area contributed by atoms with Gasteiger partial charge < -0.3 is 15.0 Å². The Balaban J connectivity index is 1.21. The number of rotatable bonds is 6. The molecule has 2 saturated carbocycles. The summed E-state index contributed by atoms with van der Waals surface area (Å²) in [7, 11) is 0. The van der Waals surface area contributed by atoms with Crippen molar-refractivity contribution in [2.24, 2.45) is 17.8 Å². The molecule has 1 aromatic heterocycles. The van der Waals surface area contributed by atoms with Gasteiger partial charge in [-0.3, -0.25) is 0 Å². The van der Waals surface area contributed by atoms with Gasteiger partial charge in [-0.2, -0.15) is 13.2 Å². The lowest BCUT2D eigenvalue weighted by molar-refractivity contribution is -0.160. The third kappa shape index (κ3) is 4.76. The number of ether oxygens (including phenoxy) is 1. The van der Waals surface area contributed by atoms with Gasteiger partial charge in [0.2, 0.25) is 0 Å². The molecule has 0 amide bonds. The monoisotopic (exact) mass is 542 g/mol. The molecule has 3 heterocycles. The van der Waals surface area contributed by atoms with Crippen molar-refractivity contribution < 1.29 is 33.8 Å². The number of anilines is 1. The number of halogens is 6. The van der Waals surface area contributed by atoms with Crippen LogP contribution in [0.15, 0.2) is 18.2 Å². The predicted molar refractivity (Wildman–Crippen MR) is 128 cm³/mol. The van der Waals surface area contributed by atoms with Crippen LogP contribution < -0.4 is 5.32 Å². The Hall–Kier alpha value is -2.40. The topological polar surface area (TPSA) is 50.3 Å². The molecular formula is C27H30F6N4O. The predicted octanol–water partition coefficient (Wildman–Crippen LogP) is 5.70. The summed E-state index contributed by atoms with van der Waals surface area (Å²) >= 11 is 0. The first-order chi connectivity index (χ1) is 18.9. The fourth-order valence-corrected chi connectivity index (χ4v) is 6.38. The summed E-state index contributed by atoms with van der Waals surface area (Å²) in [5.41, 5.74) is -3.59. The van der Waals surface area contributed by atoms with Crippen molar-refractivity contribution in [1.29, 1.82) is 0 Å². The Bertz CT molecular complexity index is 1270. The Morgan fingerprint density at radius 1 is 0.974 bits per heavy atom. The minimum absolute atomic E-state index is 0.0796. The number of nitrogens with zero attached hydrogens (tertiary/aromatic N) is 3. The smallest absolute Gasteiger partial charge is 0.381 e. The number of likely N-dealkylation sites (tertiary alicyclic amines) is 1. The van der Waals surface area contributed by atoms with Gasteiger partial charge in [-0.05, 0) is 74.0 Å². The van der Waals surface area contributed by atoms with Crippen LogP contribution in [0.1, 0.15) is 46.8 Å². The number of benzene rings is 1. The molecule has 11 heteroatoms. The molecule has 2 aliphatic carbocycles. The minimum atomic E-state index is -4.64. The van der Waals surface area contributed by atoms with E-state index >= 15 is 0 Å². The number of aromatic nitrogens is 2. The first-order valence-corrected chi connectivity index (χ1v) is 13.1. The summed E-state index contributed by atoms with van der Waals surface area (Å²) in [5.74, 6) is -3.56. The van der Waals surface area contributed by atoms with Gasteiger partial charge in [0.05, 0.1) is 5.41 Å². The summed E-state index contributed by atoms with van der Waals surface area (Å²) in [4.78, 5) is 1.93. The minimum Gasteiger partial charge on any atom is -0.381 e. The number of hydrogen-bond donors (Lipinski definition) is 1. The van der Waals surface area contributed by atoms with Crippen molar-refractivity contribution in [3.05, 3.63) is 41.2 Å². The van der Waals surface area contributed by atoms with Gasteiger partial charge >= 0.3 is 6.18 Å². The van der Waals surface area contributed by atoms with E-state index < -0.39 is 46.8 Å². The maximum atomic E-state index is 14.6. The van der Waals surface area contributed by atoms with Gasteiger partial charge in [-0.25, -0.2) is 13.2 Å². The van der Waals surface area contributed by atoms with Crippen molar-refractivity contribution in [3.63, 3.8) is 0 Å². The fourth-order valence-electron chi connectivity index (χ4n) is 6.38. The SMILES string of the molecule is [2H]C([2H])(C1CCOCC1)N1C[C@H]2CC(Nc3cc(C4(C(F)(F)F)CC4)c(-c4cc(F)c(F)cc4F)nn3)C[C@H]2C1. The summed E-state index contributed by atoms with van der Waals surface area (Å²) in [6.45, 7) is 0.929. The molecule has 0 spiro atoms. The van der Waals surface area contributed by atoms with Gasteiger partial charge in [0.25, 0.3) is 0 Å². The highest BCUT2D eigenvalue weighted by molar-refractivity contribution is 5.68. The van der Waals surface area contributed by atoms with Gasteiger partial charge in [-0.15, -0.1) is 10.2 Å². The molecule has 1 aromatic carbocycles. The third-order valence-corrected chi connectivity index (χ3v) is 8.56. The van der Waals surface area contributed by atoms with Gasteiger partial charge in [0.15, 0.2) is 11.6 Å². The molecular weight excluding hydrogens is 510 g/mol. The molecule has 6 rings (SSSR count). The summed E-state index contributed by atoms with van der Waals surface area (Å²) < 4.78 is 107. The summed E-state index contributed by atoms with van der Waals surface area (Å²) in [5, 5.41) is 11.1. The van der Waals surface area contributed by atoms with Crippen LogP contribution in [0.2, 0.25) is 0 Å². The van der Waals surface area contributed by atoms with Gasteiger partial charge in [0, 0.05) is 53.2 Å². The summed E-state index contributed by atoms with van der Waals surface area (Å²) in [6, 6.07) is 1.93. The zero-order chi connectivity index (χ0) is 28.4. The molecule has 2 aliphatic heterocycles. The van der Waals surface area contributed by atoms with E-state index in [2.05, 4.69) is 15.5 Å². The summed E-state index contributed by atoms with van der Waals surface area (Å²) in [6.07, 6.45) is -2.31. The maximum Gasteiger partial charge on any atom is 0.398 e. The number of alkyl halides is 3. The largest absolute Gasteiger partial charge is 0.398 e. The van der Waals surface area contributed by atoms with E-state index in [0.717, 1.165) is 0 Å². The Morgan fingerprint density at radius 2 is 1.63 bits per heavy atom. The molecule has 206 valence electrons. The molecule has 38 heavy (non-hydrogen) atoms. The van der Waals surface area contributed by atoms with Crippen molar-refractivity contribution in [3.8, 4) is 11.3 Å². The molecule has 1 unspecified atom stereocenters. The van der Waals surface area contributed by atoms with Crippen LogP contribution in [-0.2, 0) is 10.2 Å². The molecule has 2 saturated heterocycles. The lowest BCUT2D eigenvalue weighted by Gasteiger charge is -2.28. The highest BCUT2D eigenvalue weighted by Gasteiger charge is 2.65. The molecule has 2 aromatic rings. The molecule has 5 nitrogen and oxygen atoms in total. The van der Waals surface area contributed by atoms with E-state index in [-0.39, 0.29) is 48.0 Å². The Kier molecular flexibility index (Phi) is 5.97. The molecule has 3 atom stereocenters. The van der Waals surface area contributed by atoms with Crippen LogP contribution in [-0.4, -0.2) is 60.1 Å². The number of fused-ring (bicyclic) bond motifs is 1. The molecule has 0 radical (unpaired) electrons. The van der Waals surface area contributed by atoms with Crippen LogP contribution in [0, 0.1) is 35.2 Å². The second-order valence-electron chi connectivity index (χ2n) is 11.1. The maximum absolute atomic E-state index is 14.6. The van der Waals surface area contributed by atoms with E-state index in [0.29, 0.717) is 64.1 Å². The first-order valence-electron chi connectivity index (χ1n) is 14.1. The highest BCUT2D eigenvalue weighted by atomic mass is 19.4. The van der Waals surface area contributed by atoms with E-state index in [1.165, 1.54) is 6.07 Å². The molecule has 4 aliphatic rings. The quantitative estimate of drug-likeness (QED) is 0.375. The average Bonchev–Trinajstić information content (AvgIpc) is 3.51. The Labute approximate surface area is 219 Å². The van der Waals surface area contributed by atoms with E-state index in [1.807, 2.05) is 4.90 Å². The average molecular weight is 543 g/mol. The molecule has 0 bridgehead atoms. The van der Waals surface area contributed by atoms with Crippen LogP contribution in [0.3, 0.4) is 0 Å². The standard InChI is InChI=1S/C27H30F6N4O/c28-21-11-23(30)22(29)9-19(21)25-20(26(3-4-26)27(31,32)33)10-24(35-36-25)34-18-7-16-13-37(14-17(16)8-18)12-15-1-5-38-6-2-15/h9-11,15-18H,1-8,12-14H2,(H,34,35)/t16-,17+,18?/i12D2. The van der Waals surface area contributed by atoms with Gasteiger partial charge in [0.1, 0.15) is 17.3 Å². The van der Waals surface area contributed by atoms with Crippen molar-refractivity contribution in [2.45, 2.75) is 56.2 Å². The van der Waals surface area contributed by atoms with E-state index in [9.17, 15) is 26.3 Å². The van der Waals surface area contributed by atoms with Crippen LogP contribution in [0.25, 0.3) is 11.3 Å². The first kappa shape index (κ1) is 23.5. The second-order valence-corrected chi connectivity index (χ2v) is 11.1.